The summed E-state index contributed by atoms with van der Waals surface area (Å²) in [6.45, 7) is 1.99. The summed E-state index contributed by atoms with van der Waals surface area (Å²) in [5.41, 5.74) is 6.52. The molecule has 1 fully saturated rings. The molecule has 1 aromatic carbocycles. The molecule has 1 aliphatic carbocycles. The molecule has 2 heterocycles. The lowest BCUT2D eigenvalue weighted by atomic mass is 9.89. The predicted octanol–water partition coefficient (Wildman–Crippen LogP) is 3.25. The highest BCUT2D eigenvalue weighted by Gasteiger charge is 2.38. The molecule has 1 saturated carbocycles. The number of amides is 1. The lowest BCUT2D eigenvalue weighted by molar-refractivity contribution is -0.150. The normalized spacial score (nSPS) is 23.8. The SMILES string of the molecule is CC1CCC(OC(=O)CN2C(=O)C(c3ccccc3)Oc3ccc(N)nc32)CC1. The van der Waals surface area contributed by atoms with Gasteiger partial charge in [-0.25, -0.2) is 4.98 Å². The fourth-order valence-electron chi connectivity index (χ4n) is 3.85. The molecule has 29 heavy (non-hydrogen) atoms. The number of hydrogen-bond acceptors (Lipinski definition) is 6. The standard InChI is InChI=1S/C22H25N3O4/c1-14-7-9-16(10-8-14)28-19(26)13-25-21-17(11-12-18(23)24-21)29-20(22(25)27)15-5-3-2-4-6-15/h2-6,11-12,14,16,20H,7-10,13H2,1H3,(H2,23,24). The molecule has 0 bridgehead atoms. The summed E-state index contributed by atoms with van der Waals surface area (Å²) >= 11 is 0. The first-order chi connectivity index (χ1) is 14.0. The van der Waals surface area contributed by atoms with Crippen LogP contribution in [0.1, 0.15) is 44.3 Å². The zero-order chi connectivity index (χ0) is 20.4. The number of carbonyl (C=O) groups is 2. The van der Waals surface area contributed by atoms with Crippen LogP contribution in [0, 0.1) is 5.92 Å². The van der Waals surface area contributed by atoms with Crippen LogP contribution in [-0.4, -0.2) is 29.5 Å². The van der Waals surface area contributed by atoms with Gasteiger partial charge in [-0.3, -0.25) is 14.5 Å². The first-order valence-corrected chi connectivity index (χ1v) is 10.00. The minimum Gasteiger partial charge on any atom is -0.472 e. The summed E-state index contributed by atoms with van der Waals surface area (Å²) < 4.78 is 11.5. The van der Waals surface area contributed by atoms with Gasteiger partial charge in [-0.1, -0.05) is 37.3 Å². The number of aromatic nitrogens is 1. The van der Waals surface area contributed by atoms with E-state index in [-0.39, 0.29) is 30.2 Å². The number of pyridine rings is 1. The van der Waals surface area contributed by atoms with Gasteiger partial charge in [0.2, 0.25) is 6.10 Å². The van der Waals surface area contributed by atoms with Gasteiger partial charge in [-0.05, 0) is 43.7 Å². The minimum absolute atomic E-state index is 0.0898. The molecular weight excluding hydrogens is 370 g/mol. The number of nitrogens with two attached hydrogens (primary N) is 1. The summed E-state index contributed by atoms with van der Waals surface area (Å²) in [6, 6.07) is 12.5. The highest BCUT2D eigenvalue weighted by Crippen LogP contribution is 2.38. The van der Waals surface area contributed by atoms with Crippen molar-refractivity contribution >= 4 is 23.5 Å². The largest absolute Gasteiger partial charge is 0.472 e. The van der Waals surface area contributed by atoms with Gasteiger partial charge >= 0.3 is 5.97 Å². The molecule has 1 aliphatic heterocycles. The zero-order valence-corrected chi connectivity index (χ0v) is 16.4. The number of benzene rings is 1. The van der Waals surface area contributed by atoms with Gasteiger partial charge < -0.3 is 15.2 Å². The molecule has 0 saturated heterocycles. The van der Waals surface area contributed by atoms with E-state index >= 15 is 0 Å². The third-order valence-corrected chi connectivity index (χ3v) is 5.50. The molecular formula is C22H25N3O4. The minimum atomic E-state index is -0.850. The van der Waals surface area contributed by atoms with Crippen molar-refractivity contribution in [1.82, 2.24) is 4.98 Å². The van der Waals surface area contributed by atoms with Crippen molar-refractivity contribution in [3.63, 3.8) is 0 Å². The van der Waals surface area contributed by atoms with Gasteiger partial charge in [0.15, 0.2) is 11.6 Å². The van der Waals surface area contributed by atoms with Crippen molar-refractivity contribution in [1.29, 1.82) is 0 Å². The topological polar surface area (TPSA) is 94.8 Å². The Kier molecular flexibility index (Phi) is 5.38. The summed E-state index contributed by atoms with van der Waals surface area (Å²) in [4.78, 5) is 31.4. The average molecular weight is 395 g/mol. The number of carbonyl (C=O) groups excluding carboxylic acids is 2. The van der Waals surface area contributed by atoms with E-state index in [1.807, 2.05) is 30.3 Å². The van der Waals surface area contributed by atoms with E-state index in [2.05, 4.69) is 11.9 Å². The maximum Gasteiger partial charge on any atom is 0.326 e. The van der Waals surface area contributed by atoms with E-state index in [0.29, 0.717) is 17.2 Å². The van der Waals surface area contributed by atoms with Crippen LogP contribution >= 0.6 is 0 Å². The van der Waals surface area contributed by atoms with E-state index in [1.165, 1.54) is 4.90 Å². The van der Waals surface area contributed by atoms with Crippen LogP contribution in [0.5, 0.6) is 5.75 Å². The van der Waals surface area contributed by atoms with Crippen LogP contribution in [-0.2, 0) is 14.3 Å². The Morgan fingerprint density at radius 2 is 1.90 bits per heavy atom. The van der Waals surface area contributed by atoms with Crippen molar-refractivity contribution in [3.05, 3.63) is 48.0 Å². The Labute approximate surface area is 169 Å². The third kappa shape index (κ3) is 4.18. The van der Waals surface area contributed by atoms with Crippen LogP contribution in [0.25, 0.3) is 0 Å². The van der Waals surface area contributed by atoms with Crippen molar-refractivity contribution in [2.75, 3.05) is 17.2 Å². The van der Waals surface area contributed by atoms with Crippen LogP contribution in [0.4, 0.5) is 11.6 Å². The van der Waals surface area contributed by atoms with Crippen molar-refractivity contribution < 1.29 is 19.1 Å². The molecule has 0 spiro atoms. The van der Waals surface area contributed by atoms with Crippen LogP contribution in [0.2, 0.25) is 0 Å². The Balaban J connectivity index is 1.56. The smallest absolute Gasteiger partial charge is 0.326 e. The quantitative estimate of drug-likeness (QED) is 0.799. The summed E-state index contributed by atoms with van der Waals surface area (Å²) in [7, 11) is 0. The van der Waals surface area contributed by atoms with Crippen LogP contribution < -0.4 is 15.4 Å². The molecule has 2 N–H and O–H groups in total. The first kappa shape index (κ1) is 19.2. The predicted molar refractivity (Wildman–Crippen MR) is 108 cm³/mol. The Morgan fingerprint density at radius 1 is 1.17 bits per heavy atom. The second kappa shape index (κ2) is 8.11. The van der Waals surface area contributed by atoms with E-state index < -0.39 is 12.1 Å². The number of nitrogen functional groups attached to an aromatic ring is 1. The van der Waals surface area contributed by atoms with E-state index in [9.17, 15) is 9.59 Å². The van der Waals surface area contributed by atoms with Crippen molar-refractivity contribution in [2.24, 2.45) is 5.92 Å². The van der Waals surface area contributed by atoms with Gasteiger partial charge in [-0.15, -0.1) is 0 Å². The second-order valence-corrected chi connectivity index (χ2v) is 7.76. The molecule has 1 unspecified atom stereocenters. The Hall–Kier alpha value is -3.09. The number of fused-ring (bicyclic) bond motifs is 1. The van der Waals surface area contributed by atoms with Gasteiger partial charge in [-0.2, -0.15) is 0 Å². The molecule has 1 atom stereocenters. The highest BCUT2D eigenvalue weighted by atomic mass is 16.5. The summed E-state index contributed by atoms with van der Waals surface area (Å²) in [5.74, 6) is 0.760. The number of anilines is 2. The van der Waals surface area contributed by atoms with E-state index in [0.717, 1.165) is 25.7 Å². The van der Waals surface area contributed by atoms with Crippen molar-refractivity contribution in [3.8, 4) is 5.75 Å². The number of ether oxygens (including phenoxy) is 2. The maximum atomic E-state index is 13.2. The monoisotopic (exact) mass is 395 g/mol. The Bertz CT molecular complexity index is 894. The number of nitrogens with zero attached hydrogens (tertiary/aromatic N) is 2. The number of esters is 1. The zero-order valence-electron chi connectivity index (χ0n) is 16.4. The number of rotatable bonds is 4. The average Bonchev–Trinajstić information content (AvgIpc) is 2.72. The molecule has 7 nitrogen and oxygen atoms in total. The van der Waals surface area contributed by atoms with E-state index in [4.69, 9.17) is 15.2 Å². The maximum absolute atomic E-state index is 13.2. The molecule has 152 valence electrons. The number of hydrogen-bond donors (Lipinski definition) is 1. The van der Waals surface area contributed by atoms with Crippen molar-refractivity contribution in [2.45, 2.75) is 44.8 Å². The van der Waals surface area contributed by atoms with E-state index in [1.54, 1.807) is 12.1 Å². The Morgan fingerprint density at radius 3 is 2.62 bits per heavy atom. The molecule has 2 aliphatic rings. The fourth-order valence-corrected chi connectivity index (χ4v) is 3.85. The highest BCUT2D eigenvalue weighted by molar-refractivity contribution is 6.02. The lowest BCUT2D eigenvalue weighted by Gasteiger charge is -2.33. The van der Waals surface area contributed by atoms with Gasteiger partial charge in [0.1, 0.15) is 18.5 Å². The second-order valence-electron chi connectivity index (χ2n) is 7.76. The molecule has 4 rings (SSSR count). The van der Waals surface area contributed by atoms with Gasteiger partial charge in [0, 0.05) is 5.56 Å². The molecule has 1 amide bonds. The van der Waals surface area contributed by atoms with Gasteiger partial charge in [0.25, 0.3) is 5.91 Å². The molecule has 2 aromatic rings. The molecule has 0 radical (unpaired) electrons. The van der Waals surface area contributed by atoms with Crippen LogP contribution in [0.15, 0.2) is 42.5 Å². The molecule has 7 heteroatoms. The third-order valence-electron chi connectivity index (χ3n) is 5.50. The summed E-state index contributed by atoms with van der Waals surface area (Å²) in [6.07, 6.45) is 2.87. The summed E-state index contributed by atoms with van der Waals surface area (Å²) in [5, 5.41) is 0. The molecule has 1 aromatic heterocycles. The first-order valence-electron chi connectivity index (χ1n) is 10.00. The fraction of sp³-hybridized carbons (Fsp3) is 0.409. The van der Waals surface area contributed by atoms with Crippen LogP contribution in [0.3, 0.4) is 0 Å². The lowest BCUT2D eigenvalue weighted by Crippen LogP contribution is -2.45. The van der Waals surface area contributed by atoms with Gasteiger partial charge in [0.05, 0.1) is 0 Å².